The van der Waals surface area contributed by atoms with E-state index in [2.05, 4.69) is 21.3 Å². The van der Waals surface area contributed by atoms with Crippen LogP contribution in [0.4, 0.5) is 0 Å². The standard InChI is InChI=1S/C19H27N5O2/c1-3-23(4-2)19(25)18-15-24(21-20-18)16-8-5-11-22(14-16)12-6-9-17-10-7-13-26-17/h6-7,9-10,13,15-16H,3-5,8,11-12,14H2,1-2H3. The van der Waals surface area contributed by atoms with Crippen LogP contribution in [0.2, 0.25) is 0 Å². The average molecular weight is 357 g/mol. The molecule has 0 bridgehead atoms. The van der Waals surface area contributed by atoms with E-state index < -0.39 is 0 Å². The molecule has 0 spiro atoms. The Kier molecular flexibility index (Phi) is 6.22. The van der Waals surface area contributed by atoms with Crippen molar-refractivity contribution in [3.63, 3.8) is 0 Å². The Labute approximate surface area is 154 Å². The maximum absolute atomic E-state index is 12.4. The summed E-state index contributed by atoms with van der Waals surface area (Å²) in [6.45, 7) is 8.16. The zero-order chi connectivity index (χ0) is 18.4. The summed E-state index contributed by atoms with van der Waals surface area (Å²) in [5.74, 6) is 0.824. The van der Waals surface area contributed by atoms with Gasteiger partial charge in [0.25, 0.3) is 5.91 Å². The van der Waals surface area contributed by atoms with Crippen LogP contribution in [0.25, 0.3) is 6.08 Å². The van der Waals surface area contributed by atoms with Crippen molar-refractivity contribution in [2.75, 3.05) is 32.7 Å². The Morgan fingerprint density at radius 1 is 1.42 bits per heavy atom. The van der Waals surface area contributed by atoms with Gasteiger partial charge in [-0.3, -0.25) is 9.69 Å². The third-order valence-corrected chi connectivity index (χ3v) is 4.82. The number of rotatable bonds is 7. The van der Waals surface area contributed by atoms with Crippen molar-refractivity contribution in [3.05, 3.63) is 42.1 Å². The minimum Gasteiger partial charge on any atom is -0.465 e. The largest absolute Gasteiger partial charge is 0.465 e. The molecule has 0 radical (unpaired) electrons. The topological polar surface area (TPSA) is 67.4 Å². The van der Waals surface area contributed by atoms with Gasteiger partial charge in [0.15, 0.2) is 5.69 Å². The van der Waals surface area contributed by atoms with Gasteiger partial charge in [-0.2, -0.15) is 0 Å². The number of carbonyl (C=O) groups excluding carboxylic acids is 1. The zero-order valence-electron chi connectivity index (χ0n) is 15.5. The van der Waals surface area contributed by atoms with E-state index in [0.29, 0.717) is 18.8 Å². The first-order valence-corrected chi connectivity index (χ1v) is 9.34. The molecule has 1 saturated heterocycles. The monoisotopic (exact) mass is 357 g/mol. The Morgan fingerprint density at radius 2 is 2.27 bits per heavy atom. The Bertz CT molecular complexity index is 718. The van der Waals surface area contributed by atoms with Gasteiger partial charge in [-0.1, -0.05) is 11.3 Å². The van der Waals surface area contributed by atoms with Gasteiger partial charge in [0.2, 0.25) is 0 Å². The molecule has 1 aliphatic rings. The molecule has 0 aromatic carbocycles. The molecule has 1 fully saturated rings. The summed E-state index contributed by atoms with van der Waals surface area (Å²) >= 11 is 0. The van der Waals surface area contributed by atoms with E-state index in [4.69, 9.17) is 4.42 Å². The molecule has 2 aromatic rings. The third-order valence-electron chi connectivity index (χ3n) is 4.82. The lowest BCUT2D eigenvalue weighted by Gasteiger charge is -2.31. The smallest absolute Gasteiger partial charge is 0.276 e. The van der Waals surface area contributed by atoms with Gasteiger partial charge in [0.05, 0.1) is 18.5 Å². The van der Waals surface area contributed by atoms with Crippen molar-refractivity contribution < 1.29 is 9.21 Å². The molecule has 0 saturated carbocycles. The van der Waals surface area contributed by atoms with E-state index in [1.54, 1.807) is 17.4 Å². The molecule has 1 atom stereocenters. The minimum atomic E-state index is -0.0460. The molecule has 7 heteroatoms. The average Bonchev–Trinajstić information content (AvgIpc) is 3.35. The van der Waals surface area contributed by atoms with Gasteiger partial charge in [0, 0.05) is 26.2 Å². The second-order valence-electron chi connectivity index (χ2n) is 6.53. The normalized spacial score (nSPS) is 18.5. The second kappa shape index (κ2) is 8.80. The van der Waals surface area contributed by atoms with Gasteiger partial charge in [-0.15, -0.1) is 5.10 Å². The molecule has 3 rings (SSSR count). The fraction of sp³-hybridized carbons (Fsp3) is 0.526. The van der Waals surface area contributed by atoms with Crippen LogP contribution in [0, 0.1) is 0 Å². The van der Waals surface area contributed by atoms with E-state index in [-0.39, 0.29) is 11.9 Å². The predicted octanol–water partition coefficient (Wildman–Crippen LogP) is 2.70. The Morgan fingerprint density at radius 3 is 3.00 bits per heavy atom. The highest BCUT2D eigenvalue weighted by Crippen LogP contribution is 2.21. The first-order chi connectivity index (χ1) is 12.7. The molecule has 1 unspecified atom stereocenters. The molecule has 1 amide bonds. The number of piperidine rings is 1. The van der Waals surface area contributed by atoms with Crippen molar-refractivity contribution in [2.45, 2.75) is 32.7 Å². The van der Waals surface area contributed by atoms with Gasteiger partial charge in [-0.05, 0) is 51.4 Å². The van der Waals surface area contributed by atoms with Crippen molar-refractivity contribution in [1.29, 1.82) is 0 Å². The lowest BCUT2D eigenvalue weighted by atomic mass is 10.1. The van der Waals surface area contributed by atoms with Gasteiger partial charge in [0.1, 0.15) is 5.76 Å². The number of hydrogen-bond acceptors (Lipinski definition) is 5. The third kappa shape index (κ3) is 4.40. The first kappa shape index (κ1) is 18.4. The molecule has 7 nitrogen and oxygen atoms in total. The fourth-order valence-corrected chi connectivity index (χ4v) is 3.34. The second-order valence-corrected chi connectivity index (χ2v) is 6.53. The molecular weight excluding hydrogens is 330 g/mol. The van der Waals surface area contributed by atoms with Crippen molar-refractivity contribution in [3.8, 4) is 0 Å². The maximum atomic E-state index is 12.4. The van der Waals surface area contributed by atoms with E-state index in [1.165, 1.54) is 0 Å². The van der Waals surface area contributed by atoms with Crippen LogP contribution in [0.1, 0.15) is 49.0 Å². The summed E-state index contributed by atoms with van der Waals surface area (Å²) in [5, 5.41) is 8.33. The number of aromatic nitrogens is 3. The van der Waals surface area contributed by atoms with Crippen molar-refractivity contribution in [1.82, 2.24) is 24.8 Å². The van der Waals surface area contributed by atoms with E-state index in [0.717, 1.165) is 38.2 Å². The Hall–Kier alpha value is -2.41. The number of nitrogens with zero attached hydrogens (tertiary/aromatic N) is 5. The van der Waals surface area contributed by atoms with E-state index in [1.807, 2.05) is 36.7 Å². The van der Waals surface area contributed by atoms with Crippen LogP contribution < -0.4 is 0 Å². The van der Waals surface area contributed by atoms with Crippen LogP contribution in [-0.4, -0.2) is 63.4 Å². The van der Waals surface area contributed by atoms with Crippen molar-refractivity contribution >= 4 is 12.0 Å². The molecule has 1 aliphatic heterocycles. The highest BCUT2D eigenvalue weighted by atomic mass is 16.3. The summed E-state index contributed by atoms with van der Waals surface area (Å²) in [4.78, 5) is 16.6. The lowest BCUT2D eigenvalue weighted by Crippen LogP contribution is -2.36. The van der Waals surface area contributed by atoms with Crippen LogP contribution in [0.5, 0.6) is 0 Å². The number of hydrogen-bond donors (Lipinski definition) is 0. The number of likely N-dealkylation sites (tertiary alicyclic amines) is 1. The highest BCUT2D eigenvalue weighted by Gasteiger charge is 2.23. The van der Waals surface area contributed by atoms with Crippen molar-refractivity contribution in [2.24, 2.45) is 0 Å². The molecule has 0 aliphatic carbocycles. The quantitative estimate of drug-likeness (QED) is 0.762. The lowest BCUT2D eigenvalue weighted by molar-refractivity contribution is 0.0767. The molecule has 26 heavy (non-hydrogen) atoms. The highest BCUT2D eigenvalue weighted by molar-refractivity contribution is 5.91. The van der Waals surface area contributed by atoms with Crippen LogP contribution in [-0.2, 0) is 0 Å². The summed E-state index contributed by atoms with van der Waals surface area (Å²) in [6.07, 6.45) is 9.77. The SMILES string of the molecule is CCN(CC)C(=O)c1cn(C2CCCN(CC=Cc3ccco3)C2)nn1. The van der Waals surface area contributed by atoms with Crippen LogP contribution >= 0.6 is 0 Å². The molecule has 140 valence electrons. The van der Waals surface area contributed by atoms with Gasteiger partial charge >= 0.3 is 0 Å². The maximum Gasteiger partial charge on any atom is 0.276 e. The van der Waals surface area contributed by atoms with E-state index >= 15 is 0 Å². The fourth-order valence-electron chi connectivity index (χ4n) is 3.34. The van der Waals surface area contributed by atoms with Gasteiger partial charge < -0.3 is 9.32 Å². The summed E-state index contributed by atoms with van der Waals surface area (Å²) in [7, 11) is 0. The Balaban J connectivity index is 1.58. The van der Waals surface area contributed by atoms with E-state index in [9.17, 15) is 4.79 Å². The zero-order valence-corrected chi connectivity index (χ0v) is 15.5. The minimum absolute atomic E-state index is 0.0460. The number of furan rings is 1. The summed E-state index contributed by atoms with van der Waals surface area (Å²) < 4.78 is 7.17. The number of carbonyl (C=O) groups is 1. The summed E-state index contributed by atoms with van der Waals surface area (Å²) in [5.41, 5.74) is 0.434. The van der Waals surface area contributed by atoms with Gasteiger partial charge in [-0.25, -0.2) is 4.68 Å². The molecule has 3 heterocycles. The predicted molar refractivity (Wildman–Crippen MR) is 99.7 cm³/mol. The molecule has 2 aromatic heterocycles. The summed E-state index contributed by atoms with van der Waals surface area (Å²) in [6, 6.07) is 4.09. The van der Waals surface area contributed by atoms with Crippen LogP contribution in [0.15, 0.2) is 35.1 Å². The number of amides is 1. The molecular formula is C19H27N5O2. The van der Waals surface area contributed by atoms with Crippen LogP contribution in [0.3, 0.4) is 0 Å². The molecule has 0 N–H and O–H groups in total. The first-order valence-electron chi connectivity index (χ1n) is 9.34.